The first kappa shape index (κ1) is 22.1. The number of hydrogen-bond donors (Lipinski definition) is 2. The molecule has 0 spiro atoms. The second-order valence-electron chi connectivity index (χ2n) is 6.01. The number of aromatic nitrogens is 1. The minimum Gasteiger partial charge on any atom is -0.376 e. The number of nitrogens with one attached hydrogen (secondary N) is 2. The number of amides is 1. The number of nitrogens with zero attached hydrogens (tertiary/aromatic N) is 3. The minimum absolute atomic E-state index is 0. The van der Waals surface area contributed by atoms with Gasteiger partial charge in [0.25, 0.3) is 0 Å². The van der Waals surface area contributed by atoms with Crippen molar-refractivity contribution in [2.24, 2.45) is 4.99 Å². The van der Waals surface area contributed by atoms with E-state index in [0.717, 1.165) is 37.4 Å². The molecule has 1 aromatic heterocycles. The molecule has 2 N–H and O–H groups in total. The Morgan fingerprint density at radius 1 is 1.48 bits per heavy atom. The van der Waals surface area contributed by atoms with Gasteiger partial charge in [0, 0.05) is 51.3 Å². The Labute approximate surface area is 170 Å². The highest BCUT2D eigenvalue weighted by Gasteiger charge is 2.15. The fourth-order valence-electron chi connectivity index (χ4n) is 2.28. The first-order chi connectivity index (χ1) is 11.5. The molecule has 1 aromatic rings. The van der Waals surface area contributed by atoms with Crippen LogP contribution in [0.4, 0.5) is 0 Å². The molecule has 1 aliphatic rings. The van der Waals surface area contributed by atoms with Crippen molar-refractivity contribution in [3.8, 4) is 0 Å². The van der Waals surface area contributed by atoms with Gasteiger partial charge < -0.3 is 20.3 Å². The number of carbonyl (C=O) groups excluding carboxylic acids is 1. The molecule has 0 bridgehead atoms. The summed E-state index contributed by atoms with van der Waals surface area (Å²) in [6.07, 6.45) is 5.12. The first-order valence-electron chi connectivity index (χ1n) is 8.30. The summed E-state index contributed by atoms with van der Waals surface area (Å²) in [5.41, 5.74) is 0. The van der Waals surface area contributed by atoms with Gasteiger partial charge in [-0.2, -0.15) is 0 Å². The van der Waals surface area contributed by atoms with Crippen LogP contribution in [0.25, 0.3) is 0 Å². The minimum atomic E-state index is -0.0243. The molecule has 1 saturated heterocycles. The van der Waals surface area contributed by atoms with Crippen LogP contribution in [-0.4, -0.2) is 68.2 Å². The first-order valence-corrected chi connectivity index (χ1v) is 9.11. The van der Waals surface area contributed by atoms with Crippen LogP contribution in [0.2, 0.25) is 0 Å². The van der Waals surface area contributed by atoms with E-state index in [9.17, 15) is 4.79 Å². The molecule has 7 nitrogen and oxygen atoms in total. The summed E-state index contributed by atoms with van der Waals surface area (Å²) in [4.78, 5) is 23.2. The van der Waals surface area contributed by atoms with Gasteiger partial charge in [-0.05, 0) is 19.8 Å². The molecular weight excluding hydrogens is 453 g/mol. The van der Waals surface area contributed by atoms with Crippen molar-refractivity contribution >= 4 is 47.2 Å². The number of hydrogen-bond acceptors (Lipinski definition) is 5. The molecule has 2 heterocycles. The Bertz CT molecular complexity index is 558. The van der Waals surface area contributed by atoms with Gasteiger partial charge in [-0.25, -0.2) is 9.98 Å². The Morgan fingerprint density at radius 2 is 2.28 bits per heavy atom. The third kappa shape index (κ3) is 8.32. The fraction of sp³-hybridized carbons (Fsp3) is 0.688. The summed E-state index contributed by atoms with van der Waals surface area (Å²) in [7, 11) is 3.46. The van der Waals surface area contributed by atoms with E-state index in [-0.39, 0.29) is 42.5 Å². The average molecular weight is 481 g/mol. The summed E-state index contributed by atoms with van der Waals surface area (Å²) >= 11 is 1.70. The lowest BCUT2D eigenvalue weighted by Crippen LogP contribution is -2.42. The number of aryl methyl sites for hydroxylation is 1. The molecule has 2 rings (SSSR count). The van der Waals surface area contributed by atoms with Crippen molar-refractivity contribution in [2.45, 2.75) is 32.3 Å². The van der Waals surface area contributed by atoms with E-state index in [0.29, 0.717) is 12.5 Å². The average Bonchev–Trinajstić information content (AvgIpc) is 3.20. The molecule has 0 saturated carbocycles. The van der Waals surface area contributed by atoms with Gasteiger partial charge >= 0.3 is 0 Å². The highest BCUT2D eigenvalue weighted by atomic mass is 127. The van der Waals surface area contributed by atoms with Crippen LogP contribution in [0.15, 0.2) is 11.2 Å². The smallest absolute Gasteiger partial charge is 0.243 e. The van der Waals surface area contributed by atoms with E-state index >= 15 is 0 Å². The summed E-state index contributed by atoms with van der Waals surface area (Å²) in [6.45, 7) is 4.44. The second kappa shape index (κ2) is 11.6. The Hall–Kier alpha value is -0.940. The predicted octanol–water partition coefficient (Wildman–Crippen LogP) is 1.41. The van der Waals surface area contributed by atoms with Crippen LogP contribution >= 0.6 is 35.3 Å². The molecule has 0 aromatic carbocycles. The molecule has 1 amide bonds. The van der Waals surface area contributed by atoms with Crippen LogP contribution in [0, 0.1) is 6.92 Å². The Morgan fingerprint density at radius 3 is 2.88 bits per heavy atom. The molecule has 1 aliphatic heterocycles. The van der Waals surface area contributed by atoms with Gasteiger partial charge in [-0.15, -0.1) is 35.3 Å². The van der Waals surface area contributed by atoms with Gasteiger partial charge in [0.1, 0.15) is 6.54 Å². The van der Waals surface area contributed by atoms with Crippen LogP contribution in [0.5, 0.6) is 0 Å². The number of carbonyl (C=O) groups is 1. The topological polar surface area (TPSA) is 78.9 Å². The molecule has 9 heteroatoms. The quantitative estimate of drug-likeness (QED) is 0.350. The maximum absolute atomic E-state index is 11.7. The summed E-state index contributed by atoms with van der Waals surface area (Å²) < 4.78 is 5.61. The maximum atomic E-state index is 11.7. The summed E-state index contributed by atoms with van der Waals surface area (Å²) in [6, 6.07) is 0. The van der Waals surface area contributed by atoms with Crippen molar-refractivity contribution in [1.82, 2.24) is 20.5 Å². The van der Waals surface area contributed by atoms with Crippen LogP contribution < -0.4 is 10.6 Å². The van der Waals surface area contributed by atoms with E-state index in [2.05, 4.69) is 27.5 Å². The lowest BCUT2D eigenvalue weighted by Gasteiger charge is -2.16. The lowest BCUT2D eigenvalue weighted by molar-refractivity contribution is -0.127. The van der Waals surface area contributed by atoms with Crippen molar-refractivity contribution in [1.29, 1.82) is 0 Å². The van der Waals surface area contributed by atoms with E-state index in [4.69, 9.17) is 4.74 Å². The highest BCUT2D eigenvalue weighted by molar-refractivity contribution is 14.0. The number of thiazole rings is 1. The van der Waals surface area contributed by atoms with Gasteiger partial charge in [0.15, 0.2) is 5.96 Å². The zero-order chi connectivity index (χ0) is 17.4. The highest BCUT2D eigenvalue weighted by Crippen LogP contribution is 2.11. The molecule has 1 unspecified atom stereocenters. The Balaban J connectivity index is 0.00000312. The van der Waals surface area contributed by atoms with E-state index in [1.807, 2.05) is 6.20 Å². The maximum Gasteiger partial charge on any atom is 0.243 e. The third-order valence-corrected chi connectivity index (χ3v) is 4.67. The third-order valence-electron chi connectivity index (χ3n) is 3.69. The lowest BCUT2D eigenvalue weighted by atomic mass is 10.2. The zero-order valence-corrected chi connectivity index (χ0v) is 18.2. The van der Waals surface area contributed by atoms with Crippen molar-refractivity contribution in [3.63, 3.8) is 0 Å². The number of aliphatic imine (C=N–C) groups is 1. The van der Waals surface area contributed by atoms with Crippen molar-refractivity contribution < 1.29 is 9.53 Å². The van der Waals surface area contributed by atoms with Crippen molar-refractivity contribution in [2.75, 3.05) is 40.3 Å². The van der Waals surface area contributed by atoms with E-state index < -0.39 is 0 Å². The number of halogens is 1. The predicted molar refractivity (Wildman–Crippen MR) is 112 cm³/mol. The standard InChI is InChI=1S/C16H27N5O2S.HI/c1-12-9-18-14(24-12)6-7-17-16(20-11-15(22)21(2)3)19-10-13-5-4-8-23-13;/h9,13H,4-8,10-11H2,1-3H3,(H2,17,19,20);1H. The molecule has 25 heavy (non-hydrogen) atoms. The molecule has 0 radical (unpaired) electrons. The molecular formula is C16H28IN5O2S. The normalized spacial score (nSPS) is 17.1. The molecule has 0 aliphatic carbocycles. The SMILES string of the molecule is Cc1cnc(CCNC(=NCC(=O)N(C)C)NCC2CCCO2)s1.I. The van der Waals surface area contributed by atoms with Gasteiger partial charge in [0.2, 0.25) is 5.91 Å². The summed E-state index contributed by atoms with van der Waals surface area (Å²) in [5, 5.41) is 7.65. The molecule has 1 fully saturated rings. The number of likely N-dealkylation sites (N-methyl/N-ethyl adjacent to an activating group) is 1. The zero-order valence-electron chi connectivity index (χ0n) is 15.1. The number of ether oxygens (including phenoxy) is 1. The largest absolute Gasteiger partial charge is 0.376 e. The van der Waals surface area contributed by atoms with Crippen LogP contribution in [0.1, 0.15) is 22.7 Å². The number of guanidine groups is 1. The van der Waals surface area contributed by atoms with E-state index in [1.54, 1.807) is 30.3 Å². The fourth-order valence-corrected chi connectivity index (χ4v) is 3.07. The molecule has 1 atom stereocenters. The van der Waals surface area contributed by atoms with Crippen LogP contribution in [0.3, 0.4) is 0 Å². The van der Waals surface area contributed by atoms with Crippen molar-refractivity contribution in [3.05, 3.63) is 16.1 Å². The molecule has 142 valence electrons. The monoisotopic (exact) mass is 481 g/mol. The Kier molecular flexibility index (Phi) is 10.3. The van der Waals surface area contributed by atoms with Gasteiger partial charge in [-0.3, -0.25) is 4.79 Å². The van der Waals surface area contributed by atoms with Gasteiger partial charge in [0.05, 0.1) is 11.1 Å². The second-order valence-corrected chi connectivity index (χ2v) is 7.33. The van der Waals surface area contributed by atoms with Crippen LogP contribution in [-0.2, 0) is 16.0 Å². The number of rotatable bonds is 7. The van der Waals surface area contributed by atoms with E-state index in [1.165, 1.54) is 4.88 Å². The van der Waals surface area contributed by atoms with Gasteiger partial charge in [-0.1, -0.05) is 0 Å². The summed E-state index contributed by atoms with van der Waals surface area (Å²) in [5.74, 6) is 0.623.